The maximum atomic E-state index is 5.53. The van der Waals surface area contributed by atoms with Gasteiger partial charge in [0.05, 0.1) is 5.52 Å². The van der Waals surface area contributed by atoms with Crippen LogP contribution in [0.3, 0.4) is 0 Å². The highest BCUT2D eigenvalue weighted by atomic mass is 16.6. The zero-order chi connectivity index (χ0) is 20.1. The fraction of sp³-hybridized carbons (Fsp3) is 0.391. The number of aromatic nitrogens is 2. The van der Waals surface area contributed by atoms with Crippen LogP contribution in [0.15, 0.2) is 54.9 Å². The van der Waals surface area contributed by atoms with Crippen LogP contribution in [-0.2, 0) is 0 Å². The van der Waals surface area contributed by atoms with E-state index in [1.807, 2.05) is 36.4 Å². The summed E-state index contributed by atoms with van der Waals surface area (Å²) in [6.45, 7) is 5.60. The van der Waals surface area contributed by atoms with E-state index in [0.717, 1.165) is 41.8 Å². The van der Waals surface area contributed by atoms with Crippen LogP contribution in [0.4, 0.5) is 5.82 Å². The van der Waals surface area contributed by atoms with Crippen molar-refractivity contribution >= 4 is 16.7 Å². The monoisotopic (exact) mass is 392 g/mol. The zero-order valence-electron chi connectivity index (χ0n) is 16.8. The largest absolute Gasteiger partial charge is 0.486 e. The summed E-state index contributed by atoms with van der Waals surface area (Å²) in [5.74, 6) is 3.54. The van der Waals surface area contributed by atoms with Gasteiger partial charge >= 0.3 is 0 Å². The van der Waals surface area contributed by atoms with Gasteiger partial charge in [-0.15, -0.1) is 0 Å². The van der Waals surface area contributed by atoms with Gasteiger partial charge in [-0.05, 0) is 43.0 Å². The zero-order valence-corrected chi connectivity index (χ0v) is 16.8. The van der Waals surface area contributed by atoms with Crippen LogP contribution < -0.4 is 20.1 Å². The molecule has 2 aromatic carbocycles. The number of para-hydroxylation sites is 3. The summed E-state index contributed by atoms with van der Waals surface area (Å²) < 4.78 is 11.0. The van der Waals surface area contributed by atoms with Crippen LogP contribution in [0.1, 0.15) is 19.8 Å². The third kappa shape index (κ3) is 4.59. The topological polar surface area (TPSA) is 73.5 Å². The predicted molar refractivity (Wildman–Crippen MR) is 116 cm³/mol. The number of ether oxygens (including phenoxy) is 2. The van der Waals surface area contributed by atoms with Crippen LogP contribution in [0.25, 0.3) is 10.9 Å². The fourth-order valence-electron chi connectivity index (χ4n) is 3.64. The van der Waals surface area contributed by atoms with E-state index in [9.17, 15) is 0 Å². The molecule has 0 saturated carbocycles. The fourth-order valence-corrected chi connectivity index (χ4v) is 3.64. The van der Waals surface area contributed by atoms with Crippen LogP contribution in [0.5, 0.6) is 11.5 Å². The first kappa shape index (κ1) is 19.5. The van der Waals surface area contributed by atoms with E-state index in [0.29, 0.717) is 13.2 Å². The summed E-state index contributed by atoms with van der Waals surface area (Å²) in [5.41, 5.74) is 6.49. The first-order chi connectivity index (χ1) is 14.2. The molecule has 0 amide bonds. The quantitative estimate of drug-likeness (QED) is 0.718. The molecule has 1 saturated heterocycles. The van der Waals surface area contributed by atoms with Crippen molar-refractivity contribution in [1.82, 2.24) is 9.97 Å². The number of fused-ring (bicyclic) bond motifs is 2. The molecule has 2 aliphatic heterocycles. The number of piperidine rings is 1. The summed E-state index contributed by atoms with van der Waals surface area (Å²) >= 11 is 0. The van der Waals surface area contributed by atoms with E-state index in [1.54, 1.807) is 6.33 Å². The molecule has 0 spiro atoms. The van der Waals surface area contributed by atoms with Gasteiger partial charge in [-0.2, -0.15) is 0 Å². The third-order valence-corrected chi connectivity index (χ3v) is 5.44. The molecule has 6 heteroatoms. The van der Waals surface area contributed by atoms with Gasteiger partial charge in [-0.25, -0.2) is 9.97 Å². The van der Waals surface area contributed by atoms with Gasteiger partial charge in [0.1, 0.15) is 24.9 Å². The Morgan fingerprint density at radius 1 is 1.00 bits per heavy atom. The Hall–Kier alpha value is -2.86. The summed E-state index contributed by atoms with van der Waals surface area (Å²) in [4.78, 5) is 11.2. The molecule has 1 atom stereocenters. The second kappa shape index (κ2) is 9.09. The highest BCUT2D eigenvalue weighted by molar-refractivity contribution is 5.89. The smallest absolute Gasteiger partial charge is 0.161 e. The Labute approximate surface area is 171 Å². The normalized spacial score (nSPS) is 18.8. The number of benzene rings is 2. The van der Waals surface area contributed by atoms with E-state index in [2.05, 4.69) is 33.9 Å². The highest BCUT2D eigenvalue weighted by Gasteiger charge is 2.19. The SMILES string of the molecule is CC1CCN(c2ncnc3ccccc23)CC1.NCC1COc2ccccc2O1. The number of anilines is 1. The Morgan fingerprint density at radius 2 is 1.72 bits per heavy atom. The lowest BCUT2D eigenvalue weighted by Crippen LogP contribution is -2.35. The molecule has 29 heavy (non-hydrogen) atoms. The Balaban J connectivity index is 0.000000150. The van der Waals surface area contributed by atoms with Gasteiger partial charge in [0, 0.05) is 25.0 Å². The van der Waals surface area contributed by atoms with Crippen molar-refractivity contribution in [2.75, 3.05) is 31.1 Å². The maximum absolute atomic E-state index is 5.53. The number of rotatable bonds is 2. The molecule has 1 aromatic heterocycles. The minimum atomic E-state index is -0.0000926. The lowest BCUT2D eigenvalue weighted by molar-refractivity contribution is 0.0969. The standard InChI is InChI=1S/C14H17N3.C9H11NO2/c1-11-6-8-17(9-7-11)14-12-4-2-3-5-13(12)15-10-16-14;10-5-7-6-11-8-3-1-2-4-9(8)12-7/h2-5,10-11H,6-9H2,1H3;1-4,7H,5-6,10H2. The molecule has 152 valence electrons. The molecule has 3 aromatic rings. The van der Waals surface area contributed by atoms with E-state index in [4.69, 9.17) is 15.2 Å². The molecule has 0 bridgehead atoms. The molecule has 5 rings (SSSR count). The van der Waals surface area contributed by atoms with Gasteiger partial charge in [0.25, 0.3) is 0 Å². The summed E-state index contributed by atoms with van der Waals surface area (Å²) in [6, 6.07) is 15.9. The Kier molecular flexibility index (Phi) is 6.10. The van der Waals surface area contributed by atoms with Gasteiger partial charge < -0.3 is 20.1 Å². The van der Waals surface area contributed by atoms with Crippen molar-refractivity contribution in [3.8, 4) is 11.5 Å². The first-order valence-corrected chi connectivity index (χ1v) is 10.3. The molecule has 1 unspecified atom stereocenters. The van der Waals surface area contributed by atoms with Crippen LogP contribution in [0.2, 0.25) is 0 Å². The van der Waals surface area contributed by atoms with Crippen molar-refractivity contribution < 1.29 is 9.47 Å². The maximum Gasteiger partial charge on any atom is 0.161 e. The average Bonchev–Trinajstić information content (AvgIpc) is 2.79. The number of hydrogen-bond donors (Lipinski definition) is 1. The molecule has 3 heterocycles. The van der Waals surface area contributed by atoms with E-state index >= 15 is 0 Å². The van der Waals surface area contributed by atoms with Crippen LogP contribution >= 0.6 is 0 Å². The number of hydrogen-bond acceptors (Lipinski definition) is 6. The van der Waals surface area contributed by atoms with Crippen molar-refractivity contribution in [2.45, 2.75) is 25.9 Å². The molecule has 2 N–H and O–H groups in total. The van der Waals surface area contributed by atoms with Gasteiger partial charge in [-0.3, -0.25) is 0 Å². The average molecular weight is 393 g/mol. The highest BCUT2D eigenvalue weighted by Crippen LogP contribution is 2.30. The van der Waals surface area contributed by atoms with Crippen molar-refractivity contribution in [3.63, 3.8) is 0 Å². The van der Waals surface area contributed by atoms with Gasteiger partial charge in [0.15, 0.2) is 11.5 Å². The molecule has 2 aliphatic rings. The van der Waals surface area contributed by atoms with Gasteiger partial charge in [-0.1, -0.05) is 31.2 Å². The summed E-state index contributed by atoms with van der Waals surface area (Å²) in [6.07, 6.45) is 4.20. The summed E-state index contributed by atoms with van der Waals surface area (Å²) in [5, 5.41) is 1.17. The van der Waals surface area contributed by atoms with Crippen molar-refractivity contribution in [1.29, 1.82) is 0 Å². The number of nitrogens with zero attached hydrogens (tertiary/aromatic N) is 3. The lowest BCUT2D eigenvalue weighted by Gasteiger charge is -2.31. The lowest BCUT2D eigenvalue weighted by atomic mass is 9.99. The van der Waals surface area contributed by atoms with Crippen molar-refractivity contribution in [2.24, 2.45) is 11.7 Å². The van der Waals surface area contributed by atoms with Crippen molar-refractivity contribution in [3.05, 3.63) is 54.9 Å². The minimum absolute atomic E-state index is 0.0000926. The van der Waals surface area contributed by atoms with Gasteiger partial charge in [0.2, 0.25) is 0 Å². The third-order valence-electron chi connectivity index (χ3n) is 5.44. The van der Waals surface area contributed by atoms with Crippen LogP contribution in [0, 0.1) is 5.92 Å². The second-order valence-corrected chi connectivity index (χ2v) is 7.62. The van der Waals surface area contributed by atoms with E-state index in [-0.39, 0.29) is 6.10 Å². The molecule has 6 nitrogen and oxygen atoms in total. The molecule has 1 fully saturated rings. The first-order valence-electron chi connectivity index (χ1n) is 10.3. The molecule has 0 radical (unpaired) electrons. The molecular formula is C23H28N4O2. The number of nitrogens with two attached hydrogens (primary N) is 1. The van der Waals surface area contributed by atoms with Crippen LogP contribution in [-0.4, -0.2) is 42.3 Å². The van der Waals surface area contributed by atoms with E-state index in [1.165, 1.54) is 18.2 Å². The second-order valence-electron chi connectivity index (χ2n) is 7.62. The van der Waals surface area contributed by atoms with E-state index < -0.39 is 0 Å². The molecule has 0 aliphatic carbocycles. The molecular weight excluding hydrogens is 364 g/mol. The summed E-state index contributed by atoms with van der Waals surface area (Å²) in [7, 11) is 0. The Bertz CT molecular complexity index is 936. The Morgan fingerprint density at radius 3 is 2.52 bits per heavy atom. The predicted octanol–water partition coefficient (Wildman–Crippen LogP) is 3.65. The minimum Gasteiger partial charge on any atom is -0.486 e.